The summed E-state index contributed by atoms with van der Waals surface area (Å²) in [7, 11) is 0. The Hall–Kier alpha value is -3.29. The van der Waals surface area contributed by atoms with Gasteiger partial charge >= 0.3 is 0 Å². The molecule has 0 spiro atoms. The molecule has 0 atom stereocenters. The van der Waals surface area contributed by atoms with E-state index in [0.29, 0.717) is 6.54 Å². The maximum absolute atomic E-state index is 13.6. The van der Waals surface area contributed by atoms with Crippen LogP contribution in [0.4, 0.5) is 17.1 Å². The second-order valence-electron chi connectivity index (χ2n) is 8.00. The summed E-state index contributed by atoms with van der Waals surface area (Å²) in [4.78, 5) is 29.7. The summed E-state index contributed by atoms with van der Waals surface area (Å²) in [6.45, 7) is 6.10. The molecule has 0 saturated carbocycles. The van der Waals surface area contributed by atoms with Gasteiger partial charge in [0.2, 0.25) is 5.91 Å². The number of aryl methyl sites for hydroxylation is 2. The van der Waals surface area contributed by atoms with Crippen molar-refractivity contribution in [2.75, 3.05) is 29.9 Å². The van der Waals surface area contributed by atoms with E-state index in [2.05, 4.69) is 30.1 Å². The smallest absolute Gasteiger partial charge is 0.256 e. The van der Waals surface area contributed by atoms with E-state index in [1.165, 1.54) is 10.6 Å². The second-order valence-corrected chi connectivity index (χ2v) is 8.39. The van der Waals surface area contributed by atoms with Crippen molar-refractivity contribution in [3.63, 3.8) is 0 Å². The van der Waals surface area contributed by atoms with E-state index in [1.807, 2.05) is 41.3 Å². The lowest BCUT2D eigenvalue weighted by Crippen LogP contribution is -2.38. The first kappa shape index (κ1) is 22.9. The minimum atomic E-state index is -0.199. The summed E-state index contributed by atoms with van der Waals surface area (Å²) < 4.78 is 1.39. The van der Waals surface area contributed by atoms with Gasteiger partial charge in [0.1, 0.15) is 0 Å². The molecular weight excluding hydrogens is 432 g/mol. The summed E-state index contributed by atoms with van der Waals surface area (Å²) in [6.07, 6.45) is 3.34. The molecule has 170 valence electrons. The number of hydrogen-bond donors (Lipinski definition) is 1. The molecule has 0 aliphatic carbocycles. The molecule has 4 rings (SSSR count). The number of nitrogens with one attached hydrogen (secondary N) is 1. The van der Waals surface area contributed by atoms with Gasteiger partial charge in [0, 0.05) is 18.0 Å². The van der Waals surface area contributed by atoms with Crippen LogP contribution in [0.1, 0.15) is 25.0 Å². The predicted molar refractivity (Wildman–Crippen MR) is 138 cm³/mol. The fraction of sp³-hybridized carbons (Fsp3) is 0.269. The Labute approximate surface area is 199 Å². The van der Waals surface area contributed by atoms with Crippen LogP contribution in [-0.4, -0.2) is 40.1 Å². The maximum atomic E-state index is 13.6. The standard InChI is InChI=1S/C26H28N4O2S/c1-3-28(4-2)18-25(32)30-22-10-6-5-9-19(22)12-13-20-14-15-21(17-23(20)30)27-26(33)29-16-8-7-11-24(29)31/h5-11,14-17H,3-4,12-13,18H2,1-2H3,(H,27,33). The van der Waals surface area contributed by atoms with Gasteiger partial charge in [-0.05, 0) is 73.5 Å². The molecule has 0 radical (unpaired) electrons. The second kappa shape index (κ2) is 10.1. The number of likely N-dealkylation sites (N-methyl/N-ethyl adjacent to an activating group) is 1. The molecule has 0 bridgehead atoms. The average molecular weight is 461 g/mol. The molecule has 7 heteroatoms. The van der Waals surface area contributed by atoms with E-state index in [1.54, 1.807) is 18.3 Å². The van der Waals surface area contributed by atoms with E-state index in [9.17, 15) is 9.59 Å². The van der Waals surface area contributed by atoms with Gasteiger partial charge in [-0.3, -0.25) is 24.0 Å². The Morgan fingerprint density at radius 1 is 0.970 bits per heavy atom. The van der Waals surface area contributed by atoms with Crippen molar-refractivity contribution in [2.24, 2.45) is 0 Å². The number of carbonyl (C=O) groups excluding carboxylic acids is 1. The number of fused-ring (bicyclic) bond motifs is 2. The number of thiocarbonyl (C=S) groups is 1. The largest absolute Gasteiger partial charge is 0.332 e. The highest BCUT2D eigenvalue weighted by molar-refractivity contribution is 7.80. The van der Waals surface area contributed by atoms with E-state index in [-0.39, 0.29) is 16.6 Å². The highest BCUT2D eigenvalue weighted by Crippen LogP contribution is 2.37. The highest BCUT2D eigenvalue weighted by atomic mass is 32.1. The third-order valence-corrected chi connectivity index (χ3v) is 6.32. The zero-order chi connectivity index (χ0) is 23.4. The van der Waals surface area contributed by atoms with Crippen LogP contribution < -0.4 is 15.8 Å². The average Bonchev–Trinajstić information content (AvgIpc) is 2.99. The number of carbonyl (C=O) groups is 1. The molecule has 0 fully saturated rings. The fourth-order valence-corrected chi connectivity index (χ4v) is 4.43. The zero-order valence-corrected chi connectivity index (χ0v) is 19.8. The lowest BCUT2D eigenvalue weighted by atomic mass is 10.0. The van der Waals surface area contributed by atoms with Gasteiger partial charge in [0.15, 0.2) is 5.11 Å². The molecule has 2 aromatic carbocycles. The summed E-state index contributed by atoms with van der Waals surface area (Å²) in [5, 5.41) is 3.45. The third kappa shape index (κ3) is 4.89. The van der Waals surface area contributed by atoms with Crippen LogP contribution >= 0.6 is 12.2 Å². The molecule has 0 unspecified atom stereocenters. The van der Waals surface area contributed by atoms with Crippen LogP contribution in [0.5, 0.6) is 0 Å². The van der Waals surface area contributed by atoms with Gasteiger partial charge in [-0.2, -0.15) is 0 Å². The van der Waals surface area contributed by atoms with Crippen LogP contribution in [-0.2, 0) is 17.6 Å². The minimum absolute atomic E-state index is 0.0355. The fourth-order valence-electron chi connectivity index (χ4n) is 4.16. The Kier molecular flexibility index (Phi) is 7.01. The van der Waals surface area contributed by atoms with E-state index in [4.69, 9.17) is 12.2 Å². The van der Waals surface area contributed by atoms with E-state index >= 15 is 0 Å². The van der Waals surface area contributed by atoms with Crippen LogP contribution in [0, 0.1) is 0 Å². The third-order valence-electron chi connectivity index (χ3n) is 6.02. The maximum Gasteiger partial charge on any atom is 0.256 e. The first-order chi connectivity index (χ1) is 16.0. The lowest BCUT2D eigenvalue weighted by molar-refractivity contribution is -0.119. The van der Waals surface area contributed by atoms with Crippen molar-refractivity contribution in [1.29, 1.82) is 0 Å². The molecule has 6 nitrogen and oxygen atoms in total. The molecule has 3 aromatic rings. The Bertz CT molecular complexity index is 1230. The molecule has 1 amide bonds. The summed E-state index contributed by atoms with van der Waals surface area (Å²) >= 11 is 5.47. The van der Waals surface area contributed by atoms with Crippen LogP contribution in [0.3, 0.4) is 0 Å². The normalized spacial score (nSPS) is 12.6. The van der Waals surface area contributed by atoms with Gasteiger partial charge in [0.25, 0.3) is 5.56 Å². The topological polar surface area (TPSA) is 57.6 Å². The minimum Gasteiger partial charge on any atom is -0.332 e. The van der Waals surface area contributed by atoms with Crippen molar-refractivity contribution in [1.82, 2.24) is 9.47 Å². The molecular formula is C26H28N4O2S. The van der Waals surface area contributed by atoms with Crippen molar-refractivity contribution in [2.45, 2.75) is 26.7 Å². The van der Waals surface area contributed by atoms with Crippen molar-refractivity contribution >= 4 is 40.3 Å². The number of nitrogens with zero attached hydrogens (tertiary/aromatic N) is 3. The summed E-state index contributed by atoms with van der Waals surface area (Å²) in [6, 6.07) is 18.9. The van der Waals surface area contributed by atoms with E-state index < -0.39 is 0 Å². The zero-order valence-electron chi connectivity index (χ0n) is 19.0. The van der Waals surface area contributed by atoms with Crippen LogP contribution in [0.25, 0.3) is 0 Å². The number of aromatic nitrogens is 1. The first-order valence-corrected chi connectivity index (χ1v) is 11.7. The number of anilines is 3. The SMILES string of the molecule is CCN(CC)CC(=O)N1c2ccccc2CCc2ccc(NC(=S)n3ccccc3=O)cc21. The number of rotatable bonds is 5. The monoisotopic (exact) mass is 460 g/mol. The number of benzene rings is 2. The quantitative estimate of drug-likeness (QED) is 0.579. The van der Waals surface area contributed by atoms with Gasteiger partial charge < -0.3 is 5.32 Å². The number of amides is 1. The molecule has 0 saturated heterocycles. The Morgan fingerprint density at radius 2 is 1.67 bits per heavy atom. The number of hydrogen-bond acceptors (Lipinski definition) is 4. The van der Waals surface area contributed by atoms with Crippen molar-refractivity contribution in [3.8, 4) is 0 Å². The van der Waals surface area contributed by atoms with Crippen LogP contribution in [0.15, 0.2) is 71.7 Å². The lowest BCUT2D eigenvalue weighted by Gasteiger charge is -2.28. The molecule has 2 heterocycles. The summed E-state index contributed by atoms with van der Waals surface area (Å²) in [5.74, 6) is 0.0355. The molecule has 1 N–H and O–H groups in total. The molecule has 1 aliphatic rings. The highest BCUT2D eigenvalue weighted by Gasteiger charge is 2.27. The van der Waals surface area contributed by atoms with E-state index in [0.717, 1.165) is 54.1 Å². The van der Waals surface area contributed by atoms with Gasteiger partial charge in [-0.15, -0.1) is 0 Å². The molecule has 1 aliphatic heterocycles. The summed E-state index contributed by atoms with van der Waals surface area (Å²) in [5.41, 5.74) is 4.57. The first-order valence-electron chi connectivity index (χ1n) is 11.3. The van der Waals surface area contributed by atoms with Crippen molar-refractivity contribution < 1.29 is 4.79 Å². The number of pyridine rings is 1. The molecule has 1 aromatic heterocycles. The Morgan fingerprint density at radius 3 is 2.39 bits per heavy atom. The van der Waals surface area contributed by atoms with Gasteiger partial charge in [-0.25, -0.2) is 0 Å². The Balaban J connectivity index is 1.73. The number of para-hydroxylation sites is 1. The van der Waals surface area contributed by atoms with Crippen molar-refractivity contribution in [3.05, 3.63) is 88.3 Å². The van der Waals surface area contributed by atoms with Gasteiger partial charge in [-0.1, -0.05) is 44.2 Å². The molecule has 33 heavy (non-hydrogen) atoms. The van der Waals surface area contributed by atoms with Crippen LogP contribution in [0.2, 0.25) is 0 Å². The van der Waals surface area contributed by atoms with Gasteiger partial charge in [0.05, 0.1) is 17.9 Å². The predicted octanol–water partition coefficient (Wildman–Crippen LogP) is 4.20.